The fraction of sp³-hybridized carbons (Fsp3) is 0.179. The maximum absolute atomic E-state index is 6.42. The second-order valence-electron chi connectivity index (χ2n) is 8.00. The average Bonchev–Trinajstić information content (AvgIpc) is 3.27. The number of hydrogen-bond acceptors (Lipinski definition) is 1. The third-order valence-electron chi connectivity index (χ3n) is 5.72. The van der Waals surface area contributed by atoms with Gasteiger partial charge in [-0.1, -0.05) is 85.3 Å². The Labute approximate surface area is 206 Å². The molecule has 4 aromatic rings. The van der Waals surface area contributed by atoms with E-state index in [1.165, 1.54) is 16.8 Å². The Morgan fingerprint density at radius 3 is 2.30 bits per heavy atom. The first-order valence-corrected chi connectivity index (χ1v) is 12.0. The van der Waals surface area contributed by atoms with Crippen LogP contribution in [0.3, 0.4) is 0 Å². The maximum atomic E-state index is 6.42. The predicted molar refractivity (Wildman–Crippen MR) is 143 cm³/mol. The van der Waals surface area contributed by atoms with Crippen molar-refractivity contribution >= 4 is 34.6 Å². The minimum Gasteiger partial charge on any atom is -0.345 e. The molecule has 0 radical (unpaired) electrons. The van der Waals surface area contributed by atoms with Crippen LogP contribution in [0.25, 0.3) is 0 Å². The predicted octanol–water partition coefficient (Wildman–Crippen LogP) is 7.15. The molecule has 1 aromatic heterocycles. The Balaban J connectivity index is 1.57. The zero-order valence-electron chi connectivity index (χ0n) is 18.7. The highest BCUT2D eigenvalue weighted by Crippen LogP contribution is 2.21. The van der Waals surface area contributed by atoms with E-state index in [1.807, 2.05) is 30.3 Å². The van der Waals surface area contributed by atoms with Gasteiger partial charge < -0.3 is 14.8 Å². The van der Waals surface area contributed by atoms with E-state index in [4.69, 9.17) is 23.8 Å². The van der Waals surface area contributed by atoms with Crippen molar-refractivity contribution in [2.75, 3.05) is 5.32 Å². The number of aromatic nitrogens is 1. The molecule has 0 saturated heterocycles. The van der Waals surface area contributed by atoms with E-state index in [0.29, 0.717) is 11.7 Å². The fourth-order valence-corrected chi connectivity index (χ4v) is 4.34. The second-order valence-corrected chi connectivity index (χ2v) is 8.80. The van der Waals surface area contributed by atoms with Gasteiger partial charge in [0.25, 0.3) is 0 Å². The van der Waals surface area contributed by atoms with Gasteiger partial charge in [0, 0.05) is 35.7 Å². The van der Waals surface area contributed by atoms with Crippen LogP contribution >= 0.6 is 23.8 Å². The molecule has 168 valence electrons. The van der Waals surface area contributed by atoms with E-state index in [9.17, 15) is 0 Å². The molecule has 0 atom stereocenters. The van der Waals surface area contributed by atoms with Crippen LogP contribution in [0.15, 0.2) is 97.2 Å². The molecule has 0 aliphatic heterocycles. The van der Waals surface area contributed by atoms with Crippen LogP contribution in [-0.4, -0.2) is 14.6 Å². The number of thiocarbonyl (C=S) groups is 1. The molecule has 0 amide bonds. The lowest BCUT2D eigenvalue weighted by Crippen LogP contribution is -2.34. The molecule has 1 N–H and O–H groups in total. The molecule has 1 heterocycles. The lowest BCUT2D eigenvalue weighted by atomic mass is 10.1. The van der Waals surface area contributed by atoms with Crippen LogP contribution < -0.4 is 5.32 Å². The molecule has 33 heavy (non-hydrogen) atoms. The number of halogens is 1. The van der Waals surface area contributed by atoms with E-state index in [2.05, 4.69) is 88.6 Å². The highest BCUT2D eigenvalue weighted by Gasteiger charge is 2.15. The molecule has 0 unspecified atom stereocenters. The molecule has 0 saturated carbocycles. The van der Waals surface area contributed by atoms with E-state index >= 15 is 0 Å². The SMILES string of the molecule is CCc1ccccc1NC(=S)N(Cc1ccccc1)Cc1cccn1Cc1ccccc1Cl. The van der Waals surface area contributed by atoms with Crippen LogP contribution in [0.2, 0.25) is 5.02 Å². The number of nitrogens with one attached hydrogen (secondary N) is 1. The average molecular weight is 474 g/mol. The van der Waals surface area contributed by atoms with Gasteiger partial charge in [0.05, 0.1) is 6.54 Å². The van der Waals surface area contributed by atoms with Crippen molar-refractivity contribution in [3.05, 3.63) is 125 Å². The summed E-state index contributed by atoms with van der Waals surface area (Å²) in [6, 6.07) is 31.0. The number of hydrogen-bond donors (Lipinski definition) is 1. The highest BCUT2D eigenvalue weighted by atomic mass is 35.5. The number of nitrogens with zero attached hydrogens (tertiary/aromatic N) is 2. The van der Waals surface area contributed by atoms with Crippen LogP contribution in [0.4, 0.5) is 5.69 Å². The summed E-state index contributed by atoms with van der Waals surface area (Å²) >= 11 is 12.3. The minimum absolute atomic E-state index is 0.687. The normalized spacial score (nSPS) is 10.7. The Kier molecular flexibility index (Phi) is 7.82. The van der Waals surface area contributed by atoms with Crippen LogP contribution in [0, 0.1) is 0 Å². The van der Waals surface area contributed by atoms with Gasteiger partial charge in [-0.25, -0.2) is 0 Å². The lowest BCUT2D eigenvalue weighted by Gasteiger charge is -2.27. The molecule has 3 aromatic carbocycles. The number of aryl methyl sites for hydroxylation is 1. The standard InChI is InChI=1S/C28H28ClN3S/c1-2-23-13-7-9-17-27(23)30-28(33)32(19-22-11-4-3-5-12-22)21-25-15-10-18-31(25)20-24-14-6-8-16-26(24)29/h3-18H,2,19-21H2,1H3,(H,30,33). The van der Waals surface area contributed by atoms with Gasteiger partial charge >= 0.3 is 0 Å². The molecule has 4 rings (SSSR count). The number of rotatable bonds is 8. The summed E-state index contributed by atoms with van der Waals surface area (Å²) in [6.45, 7) is 4.29. The Morgan fingerprint density at radius 2 is 1.55 bits per heavy atom. The van der Waals surface area contributed by atoms with E-state index < -0.39 is 0 Å². The molecule has 0 bridgehead atoms. The van der Waals surface area contributed by atoms with Gasteiger partial charge in [-0.15, -0.1) is 0 Å². The summed E-state index contributed by atoms with van der Waals surface area (Å²) in [5, 5.41) is 5.00. The topological polar surface area (TPSA) is 20.2 Å². The first-order valence-electron chi connectivity index (χ1n) is 11.2. The third kappa shape index (κ3) is 6.04. The summed E-state index contributed by atoms with van der Waals surface area (Å²) in [7, 11) is 0. The van der Waals surface area contributed by atoms with Gasteiger partial charge in [-0.2, -0.15) is 0 Å². The second kappa shape index (κ2) is 11.2. The molecule has 0 fully saturated rings. The molecule has 0 aliphatic carbocycles. The van der Waals surface area contributed by atoms with Crippen LogP contribution in [0.1, 0.15) is 29.3 Å². The quantitative estimate of drug-likeness (QED) is 0.274. The highest BCUT2D eigenvalue weighted by molar-refractivity contribution is 7.80. The molecular weight excluding hydrogens is 446 g/mol. The molecule has 3 nitrogen and oxygen atoms in total. The van der Waals surface area contributed by atoms with Crippen molar-refractivity contribution in [1.82, 2.24) is 9.47 Å². The van der Waals surface area contributed by atoms with Crippen molar-refractivity contribution in [1.29, 1.82) is 0 Å². The zero-order chi connectivity index (χ0) is 23.0. The lowest BCUT2D eigenvalue weighted by molar-refractivity contribution is 0.399. The van der Waals surface area contributed by atoms with Gasteiger partial charge in [0.1, 0.15) is 0 Å². The van der Waals surface area contributed by atoms with Crippen molar-refractivity contribution < 1.29 is 0 Å². The van der Waals surface area contributed by atoms with Crippen LogP contribution in [-0.2, 0) is 26.1 Å². The van der Waals surface area contributed by atoms with Crippen molar-refractivity contribution in [2.24, 2.45) is 0 Å². The zero-order valence-corrected chi connectivity index (χ0v) is 20.3. The first-order chi connectivity index (χ1) is 16.1. The van der Waals surface area contributed by atoms with Gasteiger partial charge in [-0.3, -0.25) is 0 Å². The summed E-state index contributed by atoms with van der Waals surface area (Å²) in [4.78, 5) is 2.22. The monoisotopic (exact) mass is 473 g/mol. The number of para-hydroxylation sites is 1. The van der Waals surface area contributed by atoms with Crippen molar-refractivity contribution in [2.45, 2.75) is 33.0 Å². The third-order valence-corrected chi connectivity index (χ3v) is 6.45. The molecule has 5 heteroatoms. The summed E-state index contributed by atoms with van der Waals surface area (Å²) in [5.41, 5.74) is 5.81. The van der Waals surface area contributed by atoms with E-state index in [-0.39, 0.29) is 0 Å². The Bertz CT molecular complexity index is 1200. The summed E-state index contributed by atoms with van der Waals surface area (Å²) < 4.78 is 2.24. The molecule has 0 aliphatic rings. The smallest absolute Gasteiger partial charge is 0.174 e. The Morgan fingerprint density at radius 1 is 0.848 bits per heavy atom. The Hall–Kier alpha value is -3.08. The first kappa shape index (κ1) is 23.1. The fourth-order valence-electron chi connectivity index (χ4n) is 3.90. The number of benzene rings is 3. The number of anilines is 1. The maximum Gasteiger partial charge on any atom is 0.174 e. The van der Waals surface area contributed by atoms with Gasteiger partial charge in [0.15, 0.2) is 5.11 Å². The van der Waals surface area contributed by atoms with E-state index in [0.717, 1.165) is 35.8 Å². The van der Waals surface area contributed by atoms with Gasteiger partial charge in [-0.05, 0) is 59.6 Å². The summed E-state index contributed by atoms with van der Waals surface area (Å²) in [5.74, 6) is 0. The van der Waals surface area contributed by atoms with Crippen LogP contribution in [0.5, 0.6) is 0 Å². The minimum atomic E-state index is 0.687. The summed E-state index contributed by atoms with van der Waals surface area (Å²) in [6.07, 6.45) is 3.05. The molecule has 0 spiro atoms. The van der Waals surface area contributed by atoms with Crippen molar-refractivity contribution in [3.63, 3.8) is 0 Å². The largest absolute Gasteiger partial charge is 0.345 e. The molecular formula is C28H28ClN3S. The van der Waals surface area contributed by atoms with Crippen molar-refractivity contribution in [3.8, 4) is 0 Å². The van der Waals surface area contributed by atoms with E-state index in [1.54, 1.807) is 0 Å². The van der Waals surface area contributed by atoms with Gasteiger partial charge in [0.2, 0.25) is 0 Å².